The summed E-state index contributed by atoms with van der Waals surface area (Å²) in [5.41, 5.74) is -0.112. The van der Waals surface area contributed by atoms with Gasteiger partial charge in [-0.1, -0.05) is 0 Å². The number of benzene rings is 1. The van der Waals surface area contributed by atoms with Crippen molar-refractivity contribution in [2.45, 2.75) is 0 Å². The maximum atomic E-state index is 13.2. The number of rotatable bonds is 2. The minimum atomic E-state index is -1.22. The highest BCUT2D eigenvalue weighted by molar-refractivity contribution is 9.10. The lowest BCUT2D eigenvalue weighted by molar-refractivity contribution is -0.131. The number of carbonyl (C=O) groups is 1. The number of carboxylic acid groups (broad SMARTS) is 1. The van der Waals surface area contributed by atoms with Crippen molar-refractivity contribution in [3.63, 3.8) is 0 Å². The van der Waals surface area contributed by atoms with Gasteiger partial charge in [-0.05, 0) is 34.1 Å². The van der Waals surface area contributed by atoms with Gasteiger partial charge in [0.25, 0.3) is 0 Å². The summed E-state index contributed by atoms with van der Waals surface area (Å²) >= 11 is 2.81. The summed E-state index contributed by atoms with van der Waals surface area (Å²) in [6.07, 6.45) is 1.73. The zero-order valence-corrected chi connectivity index (χ0v) is 8.38. The fourth-order valence-corrected chi connectivity index (χ4v) is 1.31. The van der Waals surface area contributed by atoms with Crippen LogP contribution in [0, 0.1) is 11.6 Å². The van der Waals surface area contributed by atoms with Gasteiger partial charge in [0.05, 0.1) is 4.47 Å². The molecule has 0 fully saturated rings. The van der Waals surface area contributed by atoms with Crippen LogP contribution in [0.15, 0.2) is 22.7 Å². The molecule has 0 aliphatic rings. The molecule has 0 saturated carbocycles. The first kappa shape index (κ1) is 10.8. The van der Waals surface area contributed by atoms with Crippen LogP contribution in [0.2, 0.25) is 0 Å². The molecule has 1 rings (SSSR count). The second kappa shape index (κ2) is 4.32. The van der Waals surface area contributed by atoms with Gasteiger partial charge in [-0.3, -0.25) is 0 Å². The van der Waals surface area contributed by atoms with E-state index in [0.29, 0.717) is 0 Å². The second-order valence-corrected chi connectivity index (χ2v) is 3.32. The Kier molecular flexibility index (Phi) is 3.35. The minimum absolute atomic E-state index is 0.0393. The van der Waals surface area contributed by atoms with Crippen LogP contribution >= 0.6 is 15.9 Å². The fraction of sp³-hybridized carbons (Fsp3) is 0. The summed E-state index contributed by atoms with van der Waals surface area (Å²) in [5, 5.41) is 8.29. The summed E-state index contributed by atoms with van der Waals surface area (Å²) in [7, 11) is 0. The van der Waals surface area contributed by atoms with Gasteiger partial charge < -0.3 is 5.11 Å². The summed E-state index contributed by atoms with van der Waals surface area (Å²) in [5.74, 6) is -2.54. The van der Waals surface area contributed by atoms with Gasteiger partial charge in [-0.25, -0.2) is 13.6 Å². The fourth-order valence-electron chi connectivity index (χ4n) is 0.858. The first-order valence-corrected chi connectivity index (χ1v) is 4.35. The molecule has 0 bridgehead atoms. The van der Waals surface area contributed by atoms with Crippen molar-refractivity contribution in [1.82, 2.24) is 0 Å². The molecule has 0 spiro atoms. The molecular weight excluding hydrogens is 258 g/mol. The van der Waals surface area contributed by atoms with Crippen LogP contribution in [0.4, 0.5) is 8.78 Å². The average molecular weight is 263 g/mol. The number of hydrogen-bond acceptors (Lipinski definition) is 1. The van der Waals surface area contributed by atoms with Crippen LogP contribution < -0.4 is 0 Å². The first-order chi connectivity index (χ1) is 6.50. The number of halogens is 3. The van der Waals surface area contributed by atoms with Crippen LogP contribution in [-0.4, -0.2) is 11.1 Å². The predicted octanol–water partition coefficient (Wildman–Crippen LogP) is 2.83. The summed E-state index contributed by atoms with van der Waals surface area (Å²) in [4.78, 5) is 10.1. The number of aliphatic carboxylic acids is 1. The molecule has 74 valence electrons. The maximum Gasteiger partial charge on any atom is 0.328 e. The van der Waals surface area contributed by atoms with E-state index in [9.17, 15) is 13.6 Å². The van der Waals surface area contributed by atoms with Crippen LogP contribution in [0.1, 0.15) is 5.56 Å². The summed E-state index contributed by atoms with van der Waals surface area (Å²) in [6, 6.07) is 1.88. The predicted molar refractivity (Wildman–Crippen MR) is 50.7 cm³/mol. The molecule has 0 saturated heterocycles. The van der Waals surface area contributed by atoms with E-state index in [1.165, 1.54) is 0 Å². The number of hydrogen-bond donors (Lipinski definition) is 1. The smallest absolute Gasteiger partial charge is 0.328 e. The van der Waals surface area contributed by atoms with E-state index in [-0.39, 0.29) is 10.0 Å². The third-order valence-corrected chi connectivity index (χ3v) is 2.00. The van der Waals surface area contributed by atoms with Gasteiger partial charge in [0, 0.05) is 11.6 Å². The van der Waals surface area contributed by atoms with Crippen molar-refractivity contribution in [3.05, 3.63) is 39.9 Å². The Hall–Kier alpha value is -1.23. The van der Waals surface area contributed by atoms with Crippen molar-refractivity contribution in [2.75, 3.05) is 0 Å². The molecule has 0 aromatic heterocycles. The largest absolute Gasteiger partial charge is 0.478 e. The van der Waals surface area contributed by atoms with Crippen molar-refractivity contribution in [2.24, 2.45) is 0 Å². The second-order valence-electron chi connectivity index (χ2n) is 2.46. The van der Waals surface area contributed by atoms with Crippen molar-refractivity contribution in [1.29, 1.82) is 0 Å². The zero-order chi connectivity index (χ0) is 10.7. The molecule has 0 aliphatic carbocycles. The molecule has 5 heteroatoms. The first-order valence-electron chi connectivity index (χ1n) is 3.56. The van der Waals surface area contributed by atoms with E-state index in [1.54, 1.807) is 0 Å². The van der Waals surface area contributed by atoms with Crippen LogP contribution in [0.25, 0.3) is 6.08 Å². The molecule has 0 amide bonds. The molecule has 0 atom stereocenters. The molecule has 2 nitrogen and oxygen atoms in total. The third-order valence-electron chi connectivity index (χ3n) is 1.43. The van der Waals surface area contributed by atoms with Crippen molar-refractivity contribution in [3.8, 4) is 0 Å². The Labute approximate surface area is 87.0 Å². The molecule has 0 unspecified atom stereocenters. The lowest BCUT2D eigenvalue weighted by Crippen LogP contribution is -1.90. The lowest BCUT2D eigenvalue weighted by Gasteiger charge is -1.99. The Morgan fingerprint density at radius 3 is 2.64 bits per heavy atom. The molecule has 0 aliphatic heterocycles. The highest BCUT2D eigenvalue weighted by Gasteiger charge is 2.06. The SMILES string of the molecule is O=C(O)/C=C/c1cc(F)cc(Br)c1F. The van der Waals surface area contributed by atoms with E-state index in [0.717, 1.165) is 24.3 Å². The summed E-state index contributed by atoms with van der Waals surface area (Å²) < 4.78 is 25.9. The minimum Gasteiger partial charge on any atom is -0.478 e. The third kappa shape index (κ3) is 2.63. The Bertz CT molecular complexity index is 402. The quantitative estimate of drug-likeness (QED) is 0.658. The molecule has 1 aromatic rings. The van der Waals surface area contributed by atoms with Gasteiger partial charge in [0.2, 0.25) is 0 Å². The summed E-state index contributed by atoms with van der Waals surface area (Å²) in [6.45, 7) is 0. The van der Waals surface area contributed by atoms with E-state index >= 15 is 0 Å². The molecule has 14 heavy (non-hydrogen) atoms. The van der Waals surface area contributed by atoms with Crippen LogP contribution in [0.5, 0.6) is 0 Å². The van der Waals surface area contributed by atoms with E-state index < -0.39 is 17.6 Å². The molecule has 0 radical (unpaired) electrons. The molecule has 1 aromatic carbocycles. The van der Waals surface area contributed by atoms with E-state index in [2.05, 4.69) is 15.9 Å². The standard InChI is InChI=1S/C9H5BrF2O2/c10-7-4-6(11)3-5(9(7)12)1-2-8(13)14/h1-4H,(H,13,14)/b2-1+. The van der Waals surface area contributed by atoms with Gasteiger partial charge in [-0.2, -0.15) is 0 Å². The van der Waals surface area contributed by atoms with Gasteiger partial charge in [0.15, 0.2) is 0 Å². The normalized spacial score (nSPS) is 10.8. The molecule has 1 N–H and O–H groups in total. The van der Waals surface area contributed by atoms with Crippen LogP contribution in [-0.2, 0) is 4.79 Å². The Morgan fingerprint density at radius 1 is 1.43 bits per heavy atom. The van der Waals surface area contributed by atoms with Crippen LogP contribution in [0.3, 0.4) is 0 Å². The topological polar surface area (TPSA) is 37.3 Å². The van der Waals surface area contributed by atoms with Crippen molar-refractivity contribution < 1.29 is 18.7 Å². The zero-order valence-electron chi connectivity index (χ0n) is 6.80. The maximum absolute atomic E-state index is 13.2. The Balaban J connectivity index is 3.14. The van der Waals surface area contributed by atoms with Gasteiger partial charge in [0.1, 0.15) is 11.6 Å². The monoisotopic (exact) mass is 262 g/mol. The molecule has 0 heterocycles. The average Bonchev–Trinajstić information content (AvgIpc) is 2.08. The van der Waals surface area contributed by atoms with E-state index in [4.69, 9.17) is 5.11 Å². The van der Waals surface area contributed by atoms with E-state index in [1.807, 2.05) is 0 Å². The van der Waals surface area contributed by atoms with Gasteiger partial charge >= 0.3 is 5.97 Å². The highest BCUT2D eigenvalue weighted by atomic mass is 79.9. The lowest BCUT2D eigenvalue weighted by atomic mass is 10.2. The number of carboxylic acids is 1. The molecular formula is C9H5BrF2O2. The Morgan fingerprint density at radius 2 is 2.07 bits per heavy atom. The van der Waals surface area contributed by atoms with Crippen molar-refractivity contribution >= 4 is 28.0 Å². The highest BCUT2D eigenvalue weighted by Crippen LogP contribution is 2.21. The van der Waals surface area contributed by atoms with Gasteiger partial charge in [-0.15, -0.1) is 0 Å².